The number of aliphatic hydroxyl groups excluding tert-OH is 2. The van der Waals surface area contributed by atoms with Crippen LogP contribution in [-0.2, 0) is 35.5 Å². The number of amides is 1. The number of aliphatic hydroxyl groups is 2. The van der Waals surface area contributed by atoms with E-state index in [1.165, 1.54) is 0 Å². The Morgan fingerprint density at radius 3 is 2.23 bits per heavy atom. The first-order chi connectivity index (χ1) is 18.5. The number of rotatable bonds is 12. The van der Waals surface area contributed by atoms with Crippen molar-refractivity contribution in [2.75, 3.05) is 6.61 Å². The lowest BCUT2D eigenvalue weighted by atomic mass is 10.0. The number of aliphatic carboxylic acids is 1. The maximum Gasteiger partial charge on any atom is 0.407 e. The first-order valence-electron chi connectivity index (χ1n) is 12.9. The zero-order chi connectivity index (χ0) is 28.4. The largest absolute Gasteiger partial charge is 0.489 e. The average molecular weight is 536 g/mol. The number of carboxylic acids is 1. The predicted octanol–water partition coefficient (Wildman–Crippen LogP) is 4.87. The maximum atomic E-state index is 12.0. The fourth-order valence-electron chi connectivity index (χ4n) is 3.97. The molecule has 1 amide bonds. The van der Waals surface area contributed by atoms with E-state index in [1.54, 1.807) is 12.1 Å². The van der Waals surface area contributed by atoms with E-state index < -0.39 is 23.8 Å². The Morgan fingerprint density at radius 1 is 0.923 bits per heavy atom. The summed E-state index contributed by atoms with van der Waals surface area (Å²) < 4.78 is 11.4. The number of nitrogens with one attached hydrogen (secondary N) is 1. The molecule has 1 unspecified atom stereocenters. The summed E-state index contributed by atoms with van der Waals surface area (Å²) in [4.78, 5) is 23.4. The molecule has 0 aromatic heterocycles. The molecule has 0 heterocycles. The van der Waals surface area contributed by atoms with Crippen LogP contribution in [0.1, 0.15) is 49.4 Å². The number of ether oxygens (including phenoxy) is 2. The third kappa shape index (κ3) is 10.1. The Labute approximate surface area is 229 Å². The van der Waals surface area contributed by atoms with Crippen LogP contribution in [0.25, 0.3) is 11.1 Å². The second-order valence-corrected chi connectivity index (χ2v) is 10.4. The summed E-state index contributed by atoms with van der Waals surface area (Å²) >= 11 is 0. The van der Waals surface area contributed by atoms with Crippen molar-refractivity contribution in [1.82, 2.24) is 5.32 Å². The van der Waals surface area contributed by atoms with Crippen LogP contribution in [0.5, 0.6) is 5.75 Å². The third-order valence-corrected chi connectivity index (χ3v) is 5.87. The Morgan fingerprint density at radius 2 is 1.59 bits per heavy atom. The van der Waals surface area contributed by atoms with E-state index >= 15 is 0 Å². The lowest BCUT2D eigenvalue weighted by Crippen LogP contribution is -2.32. The first-order valence-corrected chi connectivity index (χ1v) is 12.9. The highest BCUT2D eigenvalue weighted by molar-refractivity contribution is 5.71. The van der Waals surface area contributed by atoms with Crippen LogP contribution in [-0.4, -0.2) is 45.7 Å². The SMILES string of the molecule is CC(C)(C)OC(=O)NCc1cccc(-c2cccc(COc3cc(CCC(O)CO)ccc3CC(=O)O)c2)c1. The van der Waals surface area contributed by atoms with E-state index in [0.717, 1.165) is 27.8 Å². The maximum absolute atomic E-state index is 12.0. The highest BCUT2D eigenvalue weighted by Gasteiger charge is 2.16. The van der Waals surface area contributed by atoms with Gasteiger partial charge in [0.2, 0.25) is 0 Å². The smallest absolute Gasteiger partial charge is 0.407 e. The van der Waals surface area contributed by atoms with Gasteiger partial charge in [-0.25, -0.2) is 4.79 Å². The standard InChI is InChI=1S/C31H37NO7/c1-31(2,3)39-30(37)32-18-22-6-4-8-24(14-22)25-9-5-7-23(15-25)20-38-28-16-21(11-13-27(34)19-33)10-12-26(28)17-29(35)36/h4-10,12,14-16,27,33-34H,11,13,17-20H2,1-3H3,(H,32,37)(H,35,36). The van der Waals surface area contributed by atoms with Gasteiger partial charge in [-0.3, -0.25) is 4.79 Å². The fourth-order valence-corrected chi connectivity index (χ4v) is 3.97. The van der Waals surface area contributed by atoms with Gasteiger partial charge in [-0.05, 0) is 79.6 Å². The molecule has 39 heavy (non-hydrogen) atoms. The molecular formula is C31H37NO7. The van der Waals surface area contributed by atoms with Crippen molar-refractivity contribution in [3.05, 3.63) is 89.0 Å². The van der Waals surface area contributed by atoms with E-state index in [2.05, 4.69) is 5.32 Å². The molecule has 0 fully saturated rings. The van der Waals surface area contributed by atoms with Crippen LogP contribution in [0, 0.1) is 0 Å². The predicted molar refractivity (Wildman–Crippen MR) is 148 cm³/mol. The minimum atomic E-state index is -0.952. The van der Waals surface area contributed by atoms with Crippen LogP contribution in [0.3, 0.4) is 0 Å². The number of carboxylic acid groups (broad SMARTS) is 1. The molecule has 0 bridgehead atoms. The van der Waals surface area contributed by atoms with Gasteiger partial charge in [-0.1, -0.05) is 48.5 Å². The fraction of sp³-hybridized carbons (Fsp3) is 0.355. The second-order valence-electron chi connectivity index (χ2n) is 10.4. The summed E-state index contributed by atoms with van der Waals surface area (Å²) in [7, 11) is 0. The van der Waals surface area contributed by atoms with Gasteiger partial charge in [-0.2, -0.15) is 0 Å². The van der Waals surface area contributed by atoms with Gasteiger partial charge >= 0.3 is 12.1 Å². The molecule has 0 spiro atoms. The van der Waals surface area contributed by atoms with Gasteiger partial charge in [0.1, 0.15) is 18.0 Å². The summed E-state index contributed by atoms with van der Waals surface area (Å²) in [5.74, 6) is -0.472. The molecule has 0 aliphatic carbocycles. The summed E-state index contributed by atoms with van der Waals surface area (Å²) in [6.45, 7) is 5.72. The van der Waals surface area contributed by atoms with Crippen LogP contribution in [0.4, 0.5) is 4.79 Å². The van der Waals surface area contributed by atoms with E-state index in [9.17, 15) is 19.8 Å². The number of alkyl carbamates (subject to hydrolysis) is 1. The number of hydrogen-bond acceptors (Lipinski definition) is 6. The Balaban J connectivity index is 1.71. The van der Waals surface area contributed by atoms with E-state index in [0.29, 0.717) is 30.7 Å². The van der Waals surface area contributed by atoms with Crippen LogP contribution >= 0.6 is 0 Å². The third-order valence-electron chi connectivity index (χ3n) is 5.87. The summed E-state index contributed by atoms with van der Waals surface area (Å²) in [6.07, 6.45) is -0.521. The number of aryl methyl sites for hydroxylation is 1. The van der Waals surface area contributed by atoms with Gasteiger partial charge in [0, 0.05) is 12.1 Å². The molecule has 0 aliphatic heterocycles. The zero-order valence-corrected chi connectivity index (χ0v) is 22.6. The lowest BCUT2D eigenvalue weighted by molar-refractivity contribution is -0.136. The van der Waals surface area contributed by atoms with Crippen LogP contribution in [0.2, 0.25) is 0 Å². The molecule has 3 aromatic rings. The average Bonchev–Trinajstić information content (AvgIpc) is 2.89. The Hall–Kier alpha value is -3.88. The molecule has 0 saturated heterocycles. The van der Waals surface area contributed by atoms with Crippen molar-refractivity contribution in [2.45, 2.75) is 64.9 Å². The highest BCUT2D eigenvalue weighted by atomic mass is 16.6. The lowest BCUT2D eigenvalue weighted by Gasteiger charge is -2.19. The molecular weight excluding hydrogens is 498 g/mol. The van der Waals surface area contributed by atoms with Crippen molar-refractivity contribution in [3.63, 3.8) is 0 Å². The van der Waals surface area contributed by atoms with Crippen LogP contribution < -0.4 is 10.1 Å². The summed E-state index contributed by atoms with van der Waals surface area (Å²) in [5, 5.41) is 30.8. The minimum absolute atomic E-state index is 0.168. The van der Waals surface area contributed by atoms with Gasteiger partial charge in [-0.15, -0.1) is 0 Å². The summed E-state index contributed by atoms with van der Waals surface area (Å²) in [6, 6.07) is 21.1. The number of carbonyl (C=O) groups excluding carboxylic acids is 1. The molecule has 3 rings (SSSR count). The molecule has 1 atom stereocenters. The molecule has 208 valence electrons. The Bertz CT molecular complexity index is 1270. The van der Waals surface area contributed by atoms with Crippen molar-refractivity contribution in [2.24, 2.45) is 0 Å². The number of carbonyl (C=O) groups is 2. The van der Waals surface area contributed by atoms with Crippen molar-refractivity contribution in [1.29, 1.82) is 0 Å². The normalized spacial score (nSPS) is 12.0. The van der Waals surface area contributed by atoms with E-state index in [4.69, 9.17) is 14.6 Å². The number of benzene rings is 3. The molecule has 0 aliphatic rings. The molecule has 0 saturated carbocycles. The van der Waals surface area contributed by atoms with Gasteiger partial charge in [0.05, 0.1) is 19.1 Å². The molecule has 0 radical (unpaired) electrons. The zero-order valence-electron chi connectivity index (χ0n) is 22.6. The van der Waals surface area contributed by atoms with Gasteiger partial charge in [0.25, 0.3) is 0 Å². The van der Waals surface area contributed by atoms with Crippen molar-refractivity contribution in [3.8, 4) is 16.9 Å². The molecule has 8 nitrogen and oxygen atoms in total. The van der Waals surface area contributed by atoms with Crippen molar-refractivity contribution >= 4 is 12.1 Å². The summed E-state index contributed by atoms with van der Waals surface area (Å²) in [5.41, 5.74) is 4.69. The molecule has 8 heteroatoms. The molecule has 4 N–H and O–H groups in total. The quantitative estimate of drug-likeness (QED) is 0.261. The van der Waals surface area contributed by atoms with Gasteiger partial charge in [0.15, 0.2) is 0 Å². The number of hydrogen-bond donors (Lipinski definition) is 4. The van der Waals surface area contributed by atoms with E-state index in [1.807, 2.05) is 75.4 Å². The van der Waals surface area contributed by atoms with Crippen LogP contribution in [0.15, 0.2) is 66.7 Å². The topological polar surface area (TPSA) is 125 Å². The van der Waals surface area contributed by atoms with E-state index in [-0.39, 0.29) is 19.6 Å². The minimum Gasteiger partial charge on any atom is -0.489 e. The Kier molecular flexibility index (Phi) is 10.5. The second kappa shape index (κ2) is 13.8. The van der Waals surface area contributed by atoms with Gasteiger partial charge < -0.3 is 30.1 Å². The van der Waals surface area contributed by atoms with Crippen molar-refractivity contribution < 1.29 is 34.4 Å². The molecule has 3 aromatic carbocycles. The highest BCUT2D eigenvalue weighted by Crippen LogP contribution is 2.26. The monoisotopic (exact) mass is 535 g/mol. The first kappa shape index (κ1) is 29.7.